The number of H-pyrrole nitrogens is 1. The van der Waals surface area contributed by atoms with Crippen molar-refractivity contribution in [3.8, 4) is 0 Å². The molecule has 2 N–H and O–H groups in total. The Labute approximate surface area is 120 Å². The number of rotatable bonds is 2. The summed E-state index contributed by atoms with van der Waals surface area (Å²) < 4.78 is 0. The number of piperidine rings is 1. The normalized spacial score (nSPS) is 31.5. The fourth-order valence-corrected chi connectivity index (χ4v) is 4.18. The maximum absolute atomic E-state index is 4.81. The van der Waals surface area contributed by atoms with Gasteiger partial charge in [-0.05, 0) is 38.1 Å². The number of aromatic amines is 1. The van der Waals surface area contributed by atoms with Crippen LogP contribution in [0.2, 0.25) is 0 Å². The molecule has 1 aromatic rings. The SMILES string of the molecule is C1CCC(c2nc(N3CC4CCCNC4C3)n[nH]2)CC1. The van der Waals surface area contributed by atoms with E-state index in [9.17, 15) is 0 Å². The minimum absolute atomic E-state index is 0.619. The van der Waals surface area contributed by atoms with Crippen molar-refractivity contribution in [2.75, 3.05) is 24.5 Å². The summed E-state index contributed by atoms with van der Waals surface area (Å²) >= 11 is 0. The average molecular weight is 275 g/mol. The monoisotopic (exact) mass is 275 g/mol. The third kappa shape index (κ3) is 2.32. The molecule has 3 heterocycles. The van der Waals surface area contributed by atoms with E-state index in [0.717, 1.165) is 30.8 Å². The highest BCUT2D eigenvalue weighted by atomic mass is 15.4. The number of aromatic nitrogens is 3. The lowest BCUT2D eigenvalue weighted by Gasteiger charge is -2.24. The first-order valence-electron chi connectivity index (χ1n) is 8.31. The topological polar surface area (TPSA) is 56.8 Å². The molecule has 3 fully saturated rings. The van der Waals surface area contributed by atoms with Gasteiger partial charge in [-0.25, -0.2) is 0 Å². The van der Waals surface area contributed by atoms with Crippen molar-refractivity contribution >= 4 is 5.95 Å². The molecule has 20 heavy (non-hydrogen) atoms. The van der Waals surface area contributed by atoms with E-state index >= 15 is 0 Å². The predicted octanol–water partition coefficient (Wildman–Crippen LogP) is 2.04. The molecule has 2 unspecified atom stereocenters. The molecule has 0 amide bonds. The van der Waals surface area contributed by atoms with Gasteiger partial charge in [0, 0.05) is 25.0 Å². The van der Waals surface area contributed by atoms with Crippen LogP contribution in [0.3, 0.4) is 0 Å². The molecule has 2 atom stereocenters. The summed E-state index contributed by atoms with van der Waals surface area (Å²) in [7, 11) is 0. The molecule has 110 valence electrons. The zero-order chi connectivity index (χ0) is 13.4. The second kappa shape index (κ2) is 5.35. The van der Waals surface area contributed by atoms with Crippen molar-refractivity contribution in [3.05, 3.63) is 5.82 Å². The van der Waals surface area contributed by atoms with Gasteiger partial charge < -0.3 is 10.2 Å². The predicted molar refractivity (Wildman–Crippen MR) is 78.9 cm³/mol. The number of hydrogen-bond acceptors (Lipinski definition) is 4. The lowest BCUT2D eigenvalue weighted by atomic mass is 9.89. The van der Waals surface area contributed by atoms with Crippen LogP contribution in [-0.4, -0.2) is 40.9 Å². The Hall–Kier alpha value is -1.10. The molecule has 1 aromatic heterocycles. The van der Waals surface area contributed by atoms with E-state index in [1.807, 2.05) is 0 Å². The van der Waals surface area contributed by atoms with Gasteiger partial charge in [0.15, 0.2) is 0 Å². The molecule has 0 spiro atoms. The van der Waals surface area contributed by atoms with Gasteiger partial charge in [0.05, 0.1) is 0 Å². The quantitative estimate of drug-likeness (QED) is 0.867. The molecule has 5 nitrogen and oxygen atoms in total. The van der Waals surface area contributed by atoms with Gasteiger partial charge in [-0.1, -0.05) is 19.3 Å². The minimum atomic E-state index is 0.619. The van der Waals surface area contributed by atoms with Crippen molar-refractivity contribution in [1.29, 1.82) is 0 Å². The van der Waals surface area contributed by atoms with Gasteiger partial charge in [0.2, 0.25) is 5.95 Å². The van der Waals surface area contributed by atoms with Crippen LogP contribution in [0.4, 0.5) is 5.95 Å². The van der Waals surface area contributed by atoms with Gasteiger partial charge in [0.1, 0.15) is 5.82 Å². The summed E-state index contributed by atoms with van der Waals surface area (Å²) in [5.74, 6) is 3.47. The third-order valence-electron chi connectivity index (χ3n) is 5.36. The maximum atomic E-state index is 4.81. The fourth-order valence-electron chi connectivity index (χ4n) is 4.18. The van der Waals surface area contributed by atoms with Crippen LogP contribution in [0.15, 0.2) is 0 Å². The second-order valence-electron chi connectivity index (χ2n) is 6.72. The highest BCUT2D eigenvalue weighted by Gasteiger charge is 2.35. The smallest absolute Gasteiger partial charge is 0.244 e. The molecule has 0 aromatic carbocycles. The molecule has 1 saturated carbocycles. The van der Waals surface area contributed by atoms with Crippen LogP contribution < -0.4 is 10.2 Å². The van der Waals surface area contributed by atoms with Gasteiger partial charge in [-0.15, -0.1) is 5.10 Å². The van der Waals surface area contributed by atoms with Crippen LogP contribution in [0.1, 0.15) is 56.7 Å². The Bertz CT molecular complexity index is 437. The summed E-state index contributed by atoms with van der Waals surface area (Å²) in [5, 5.41) is 11.3. The highest BCUT2D eigenvalue weighted by Crippen LogP contribution is 2.32. The first-order chi connectivity index (χ1) is 9.90. The van der Waals surface area contributed by atoms with Crippen LogP contribution in [-0.2, 0) is 0 Å². The van der Waals surface area contributed by atoms with Crippen LogP contribution in [0.25, 0.3) is 0 Å². The Morgan fingerprint density at radius 1 is 1.00 bits per heavy atom. The number of anilines is 1. The van der Waals surface area contributed by atoms with E-state index in [2.05, 4.69) is 20.4 Å². The first-order valence-corrected chi connectivity index (χ1v) is 8.31. The summed E-state index contributed by atoms with van der Waals surface area (Å²) in [6.45, 7) is 3.38. The van der Waals surface area contributed by atoms with Crippen LogP contribution in [0.5, 0.6) is 0 Å². The lowest BCUT2D eigenvalue weighted by molar-refractivity contribution is 0.340. The number of nitrogens with one attached hydrogen (secondary N) is 2. The van der Waals surface area contributed by atoms with Crippen molar-refractivity contribution in [1.82, 2.24) is 20.5 Å². The molecular formula is C15H25N5. The number of fused-ring (bicyclic) bond motifs is 1. The first kappa shape index (κ1) is 12.6. The Morgan fingerprint density at radius 3 is 2.75 bits per heavy atom. The molecular weight excluding hydrogens is 250 g/mol. The van der Waals surface area contributed by atoms with Crippen LogP contribution >= 0.6 is 0 Å². The molecule has 0 bridgehead atoms. The third-order valence-corrected chi connectivity index (χ3v) is 5.36. The molecule has 0 radical (unpaired) electrons. The Morgan fingerprint density at radius 2 is 1.90 bits per heavy atom. The molecule has 1 aliphatic carbocycles. The Kier molecular flexibility index (Phi) is 3.38. The zero-order valence-corrected chi connectivity index (χ0v) is 12.1. The van der Waals surface area contributed by atoms with Gasteiger partial charge >= 0.3 is 0 Å². The number of hydrogen-bond donors (Lipinski definition) is 2. The van der Waals surface area contributed by atoms with E-state index in [4.69, 9.17) is 4.98 Å². The second-order valence-corrected chi connectivity index (χ2v) is 6.72. The maximum Gasteiger partial charge on any atom is 0.244 e. The molecule has 2 aliphatic heterocycles. The fraction of sp³-hybridized carbons (Fsp3) is 0.867. The highest BCUT2D eigenvalue weighted by molar-refractivity contribution is 5.33. The summed E-state index contributed by atoms with van der Waals surface area (Å²) in [5.41, 5.74) is 0. The summed E-state index contributed by atoms with van der Waals surface area (Å²) in [4.78, 5) is 7.18. The van der Waals surface area contributed by atoms with E-state index < -0.39 is 0 Å². The molecule has 3 aliphatic rings. The van der Waals surface area contributed by atoms with E-state index in [1.54, 1.807) is 0 Å². The largest absolute Gasteiger partial charge is 0.338 e. The number of nitrogens with zero attached hydrogens (tertiary/aromatic N) is 3. The Balaban J connectivity index is 1.45. The lowest BCUT2D eigenvalue weighted by Crippen LogP contribution is -2.40. The van der Waals surface area contributed by atoms with Crippen molar-refractivity contribution in [2.45, 2.75) is 56.9 Å². The van der Waals surface area contributed by atoms with E-state index in [1.165, 1.54) is 51.5 Å². The van der Waals surface area contributed by atoms with E-state index in [0.29, 0.717) is 12.0 Å². The minimum Gasteiger partial charge on any atom is -0.338 e. The van der Waals surface area contributed by atoms with Crippen molar-refractivity contribution in [3.63, 3.8) is 0 Å². The standard InChI is InChI=1S/C15H25N5/c1-2-5-11(6-3-1)14-17-15(19-18-14)20-9-12-7-4-8-16-13(12)10-20/h11-13,16H,1-10H2,(H,17,18,19). The summed E-state index contributed by atoms with van der Waals surface area (Å²) in [6, 6.07) is 0.653. The summed E-state index contributed by atoms with van der Waals surface area (Å²) in [6.07, 6.45) is 9.31. The van der Waals surface area contributed by atoms with E-state index in [-0.39, 0.29) is 0 Å². The molecule has 2 saturated heterocycles. The van der Waals surface area contributed by atoms with Gasteiger partial charge in [0.25, 0.3) is 0 Å². The zero-order valence-electron chi connectivity index (χ0n) is 12.1. The molecule has 4 rings (SSSR count). The van der Waals surface area contributed by atoms with Gasteiger partial charge in [-0.3, -0.25) is 5.10 Å². The average Bonchev–Trinajstić information content (AvgIpc) is 3.14. The van der Waals surface area contributed by atoms with Crippen LogP contribution in [0, 0.1) is 5.92 Å². The van der Waals surface area contributed by atoms with Crippen molar-refractivity contribution in [2.24, 2.45) is 5.92 Å². The van der Waals surface area contributed by atoms with Crippen molar-refractivity contribution < 1.29 is 0 Å². The van der Waals surface area contributed by atoms with Gasteiger partial charge in [-0.2, -0.15) is 4.98 Å². The molecule has 5 heteroatoms.